The Kier molecular flexibility index (Phi) is 6.63. The number of hydrogen-bond acceptors (Lipinski definition) is 5. The number of halogens is 3. The van der Waals surface area contributed by atoms with Crippen molar-refractivity contribution in [2.75, 3.05) is 18.8 Å². The van der Waals surface area contributed by atoms with Crippen LogP contribution in [0.5, 0.6) is 5.75 Å². The molecule has 0 bridgehead atoms. The van der Waals surface area contributed by atoms with Crippen molar-refractivity contribution in [3.63, 3.8) is 0 Å². The first-order valence-electron chi connectivity index (χ1n) is 8.81. The zero-order chi connectivity index (χ0) is 20.3. The van der Waals surface area contributed by atoms with E-state index < -0.39 is 18.0 Å². The van der Waals surface area contributed by atoms with Gasteiger partial charge in [-0.2, -0.15) is 0 Å². The smallest absolute Gasteiger partial charge is 0.166 e. The number of nitrogens with one attached hydrogen (secondary N) is 1. The SMILES string of the molecule is CC(Oc1cc(C#CC2CNCC(O)C2)cnc1N)c1c(Cl)ccc(F)c1Cl. The Morgan fingerprint density at radius 3 is 2.93 bits per heavy atom. The Morgan fingerprint density at radius 1 is 1.39 bits per heavy atom. The number of pyridine rings is 1. The predicted molar refractivity (Wildman–Crippen MR) is 108 cm³/mol. The highest BCUT2D eigenvalue weighted by molar-refractivity contribution is 6.36. The lowest BCUT2D eigenvalue weighted by molar-refractivity contribution is 0.128. The van der Waals surface area contributed by atoms with Gasteiger partial charge >= 0.3 is 0 Å². The molecule has 0 radical (unpaired) electrons. The molecule has 28 heavy (non-hydrogen) atoms. The first kappa shape index (κ1) is 20.7. The Balaban J connectivity index is 1.80. The number of aromatic nitrogens is 1. The second-order valence-electron chi connectivity index (χ2n) is 6.64. The summed E-state index contributed by atoms with van der Waals surface area (Å²) in [6.45, 7) is 3.01. The molecular weight excluding hydrogens is 404 g/mol. The molecule has 1 aliphatic rings. The van der Waals surface area contributed by atoms with Crippen LogP contribution in [0.3, 0.4) is 0 Å². The number of benzene rings is 1. The zero-order valence-corrected chi connectivity index (χ0v) is 16.7. The van der Waals surface area contributed by atoms with Gasteiger partial charge in [-0.15, -0.1) is 0 Å². The van der Waals surface area contributed by atoms with Crippen LogP contribution in [0.15, 0.2) is 24.4 Å². The number of nitrogen functional groups attached to an aromatic ring is 1. The van der Waals surface area contributed by atoms with E-state index in [4.69, 9.17) is 33.7 Å². The highest BCUT2D eigenvalue weighted by Gasteiger charge is 2.20. The highest BCUT2D eigenvalue weighted by atomic mass is 35.5. The number of nitrogens with two attached hydrogens (primary N) is 1. The fourth-order valence-electron chi connectivity index (χ4n) is 3.00. The molecule has 2 aromatic rings. The van der Waals surface area contributed by atoms with Gasteiger partial charge in [0.1, 0.15) is 11.9 Å². The molecule has 1 aliphatic heterocycles. The lowest BCUT2D eigenvalue weighted by Crippen LogP contribution is -2.38. The molecule has 148 valence electrons. The summed E-state index contributed by atoms with van der Waals surface area (Å²) >= 11 is 12.2. The topological polar surface area (TPSA) is 80.4 Å². The second-order valence-corrected chi connectivity index (χ2v) is 7.42. The molecule has 3 rings (SSSR count). The summed E-state index contributed by atoms with van der Waals surface area (Å²) in [5.74, 6) is 6.11. The van der Waals surface area contributed by atoms with Gasteiger partial charge in [0, 0.05) is 47.4 Å². The van der Waals surface area contributed by atoms with Crippen LogP contribution in [0.25, 0.3) is 0 Å². The van der Waals surface area contributed by atoms with Crippen molar-refractivity contribution in [1.29, 1.82) is 0 Å². The standard InChI is InChI=1S/C20H20Cl2FN3O2/c1-11(18-15(21)4-5-16(23)19(18)22)28-17-7-13(9-26-20(17)24)3-2-12-6-14(27)10-25-8-12/h4-5,7,9,11-12,14,25,27H,6,8,10H2,1H3,(H2,24,26). The van der Waals surface area contributed by atoms with Gasteiger partial charge < -0.3 is 20.9 Å². The van der Waals surface area contributed by atoms with Gasteiger partial charge in [-0.3, -0.25) is 0 Å². The number of β-amino-alcohol motifs (C(OH)–C–C–N with tert-alkyl or cyclic N) is 1. The first-order chi connectivity index (χ1) is 13.3. The Labute approximate surface area is 173 Å². The minimum atomic E-state index is -0.652. The molecule has 5 nitrogen and oxygen atoms in total. The van der Waals surface area contributed by atoms with Crippen LogP contribution in [0, 0.1) is 23.6 Å². The van der Waals surface area contributed by atoms with Crippen LogP contribution < -0.4 is 15.8 Å². The van der Waals surface area contributed by atoms with Crippen LogP contribution >= 0.6 is 23.2 Å². The molecule has 8 heteroatoms. The van der Waals surface area contributed by atoms with E-state index in [1.807, 2.05) is 0 Å². The van der Waals surface area contributed by atoms with E-state index in [1.54, 1.807) is 19.2 Å². The van der Waals surface area contributed by atoms with Crippen molar-refractivity contribution in [2.24, 2.45) is 5.92 Å². The summed E-state index contributed by atoms with van der Waals surface area (Å²) in [7, 11) is 0. The fourth-order valence-corrected chi connectivity index (χ4v) is 3.68. The third kappa shape index (κ3) is 4.86. The first-order valence-corrected chi connectivity index (χ1v) is 9.56. The average Bonchev–Trinajstić information content (AvgIpc) is 2.66. The maximum absolute atomic E-state index is 13.8. The van der Waals surface area contributed by atoms with Crippen molar-refractivity contribution >= 4 is 29.0 Å². The largest absolute Gasteiger partial charge is 0.482 e. The second kappa shape index (κ2) is 8.97. The van der Waals surface area contributed by atoms with Crippen LogP contribution in [0.4, 0.5) is 10.2 Å². The van der Waals surface area contributed by atoms with Crippen molar-refractivity contribution in [3.05, 3.63) is 51.4 Å². The number of ether oxygens (including phenoxy) is 1. The molecule has 0 spiro atoms. The zero-order valence-electron chi connectivity index (χ0n) is 15.2. The van der Waals surface area contributed by atoms with Crippen LogP contribution in [0.1, 0.15) is 30.6 Å². The molecule has 1 aromatic carbocycles. The fraction of sp³-hybridized carbons (Fsp3) is 0.350. The van der Waals surface area contributed by atoms with Gasteiger partial charge in [0.05, 0.1) is 11.1 Å². The van der Waals surface area contributed by atoms with E-state index in [0.717, 1.165) is 6.54 Å². The van der Waals surface area contributed by atoms with E-state index in [-0.39, 0.29) is 16.8 Å². The van der Waals surface area contributed by atoms with E-state index >= 15 is 0 Å². The molecule has 0 saturated carbocycles. The third-order valence-electron chi connectivity index (χ3n) is 4.42. The Morgan fingerprint density at radius 2 is 2.18 bits per heavy atom. The van der Waals surface area contributed by atoms with Crippen LogP contribution in [-0.4, -0.2) is 29.3 Å². The molecule has 0 aliphatic carbocycles. The normalized spacial score (nSPS) is 20.2. The van der Waals surface area contributed by atoms with Gasteiger partial charge in [-0.1, -0.05) is 35.0 Å². The molecule has 3 unspecified atom stereocenters. The summed E-state index contributed by atoms with van der Waals surface area (Å²) in [5.41, 5.74) is 6.86. The van der Waals surface area contributed by atoms with E-state index in [9.17, 15) is 9.50 Å². The van der Waals surface area contributed by atoms with Gasteiger partial charge in [0.2, 0.25) is 0 Å². The number of piperidine rings is 1. The van der Waals surface area contributed by atoms with Crippen LogP contribution in [-0.2, 0) is 0 Å². The van der Waals surface area contributed by atoms with Crippen molar-refractivity contribution in [1.82, 2.24) is 10.3 Å². The van der Waals surface area contributed by atoms with Crippen LogP contribution in [0.2, 0.25) is 10.0 Å². The van der Waals surface area contributed by atoms with Gasteiger partial charge in [0.25, 0.3) is 0 Å². The quantitative estimate of drug-likeness (QED) is 0.519. The number of anilines is 1. The van der Waals surface area contributed by atoms with Gasteiger partial charge in [-0.05, 0) is 25.5 Å². The lowest BCUT2D eigenvalue weighted by Gasteiger charge is -2.22. The van der Waals surface area contributed by atoms with Gasteiger partial charge in [0.15, 0.2) is 11.6 Å². The molecular formula is C20H20Cl2FN3O2. The van der Waals surface area contributed by atoms with Crippen molar-refractivity contribution in [2.45, 2.75) is 25.6 Å². The van der Waals surface area contributed by atoms with E-state index in [0.29, 0.717) is 34.9 Å². The summed E-state index contributed by atoms with van der Waals surface area (Å²) in [5, 5.41) is 13.0. The molecule has 1 aromatic heterocycles. The molecule has 1 fully saturated rings. The average molecular weight is 424 g/mol. The maximum Gasteiger partial charge on any atom is 0.166 e. The van der Waals surface area contributed by atoms with Crippen molar-refractivity contribution < 1.29 is 14.2 Å². The lowest BCUT2D eigenvalue weighted by atomic mass is 9.98. The number of nitrogens with zero attached hydrogens (tertiary/aromatic N) is 1. The number of aliphatic hydroxyl groups is 1. The molecule has 1 saturated heterocycles. The minimum absolute atomic E-state index is 0.0505. The number of hydrogen-bond donors (Lipinski definition) is 3. The summed E-state index contributed by atoms with van der Waals surface area (Å²) in [6.07, 6.45) is 1.13. The van der Waals surface area contributed by atoms with E-state index in [1.165, 1.54) is 12.1 Å². The summed E-state index contributed by atoms with van der Waals surface area (Å²) < 4.78 is 19.6. The highest BCUT2D eigenvalue weighted by Crippen LogP contribution is 2.35. The Bertz CT molecular complexity index is 930. The van der Waals surface area contributed by atoms with Crippen molar-refractivity contribution in [3.8, 4) is 17.6 Å². The number of rotatable bonds is 3. The predicted octanol–water partition coefficient (Wildman–Crippen LogP) is 3.57. The molecule has 0 amide bonds. The maximum atomic E-state index is 13.8. The summed E-state index contributed by atoms with van der Waals surface area (Å²) in [4.78, 5) is 4.11. The Hall–Kier alpha value is -2.04. The third-order valence-corrected chi connectivity index (χ3v) is 5.13. The molecule has 2 heterocycles. The summed E-state index contributed by atoms with van der Waals surface area (Å²) in [6, 6.07) is 4.29. The molecule has 3 atom stereocenters. The monoisotopic (exact) mass is 423 g/mol. The molecule has 4 N–H and O–H groups in total. The number of aliphatic hydroxyl groups excluding tert-OH is 1. The minimum Gasteiger partial charge on any atom is -0.482 e. The van der Waals surface area contributed by atoms with E-state index in [2.05, 4.69) is 22.1 Å². The van der Waals surface area contributed by atoms with Gasteiger partial charge in [-0.25, -0.2) is 9.37 Å².